The number of anilines is 3. The Morgan fingerprint density at radius 2 is 0.739 bits per heavy atom. The van der Waals surface area contributed by atoms with Gasteiger partial charge in [0.1, 0.15) is 87.5 Å². The second-order valence-corrected chi connectivity index (χ2v) is 36.4. The number of aromatic carboxylic acids is 1. The van der Waals surface area contributed by atoms with Crippen LogP contribution in [0.25, 0.3) is 0 Å². The van der Waals surface area contributed by atoms with E-state index in [0.29, 0.717) is 126 Å². The number of halogens is 1. The number of hydrogen-bond donors (Lipinski definition) is 5. The van der Waals surface area contributed by atoms with E-state index in [1.54, 1.807) is 79.3 Å². The van der Waals surface area contributed by atoms with Gasteiger partial charge in [0.15, 0.2) is 11.6 Å². The van der Waals surface area contributed by atoms with Crippen LogP contribution in [-0.2, 0) is 71.2 Å². The van der Waals surface area contributed by atoms with Gasteiger partial charge in [-0.1, -0.05) is 72.8 Å². The molecule has 11 aromatic rings. The molecule has 24 rings (SSSR count). The molecule has 6 aliphatic heterocycles. The number of carbonyl (C=O) groups excluding carboxylic acids is 7. The molecule has 138 heavy (non-hydrogen) atoms. The summed E-state index contributed by atoms with van der Waals surface area (Å²) >= 11 is 0. The van der Waals surface area contributed by atoms with Crippen molar-refractivity contribution in [2.24, 2.45) is 17.6 Å². The van der Waals surface area contributed by atoms with Crippen molar-refractivity contribution in [2.45, 2.75) is 173 Å². The highest BCUT2D eigenvalue weighted by atomic mass is 35.5. The van der Waals surface area contributed by atoms with E-state index in [0.717, 1.165) is 141 Å². The van der Waals surface area contributed by atoms with Gasteiger partial charge in [-0.15, -0.1) is 12.4 Å². The topological polar surface area (TPSA) is 450 Å². The molecule has 3 amide bonds. The molecule has 0 bridgehead atoms. The lowest BCUT2D eigenvalue weighted by Gasteiger charge is -2.19. The van der Waals surface area contributed by atoms with E-state index in [1.165, 1.54) is 14.2 Å². The number of hydrogen-bond acceptors (Lipinski definition) is 25. The number of esters is 2. The third kappa shape index (κ3) is 19.0. The minimum Gasteiger partial charge on any atom is -0.489 e. The Balaban J connectivity index is 0.000000115. The predicted octanol–water partition coefficient (Wildman–Crippen LogP) is 18.0. The number of carboxylic acids is 1. The van der Waals surface area contributed by atoms with Crippen molar-refractivity contribution in [1.29, 1.82) is 26.3 Å². The van der Waals surface area contributed by atoms with E-state index in [1.807, 2.05) is 140 Å². The molecule has 29 nitrogen and oxygen atoms in total. The molecule has 8 aromatic carbocycles. The smallest absolute Gasteiger partial charge is 0.337 e. The van der Waals surface area contributed by atoms with Gasteiger partial charge in [-0.25, -0.2) is 29.3 Å². The number of aromatic nitrogens is 3. The van der Waals surface area contributed by atoms with Crippen molar-refractivity contribution in [1.82, 2.24) is 15.0 Å². The van der Waals surface area contributed by atoms with E-state index in [2.05, 4.69) is 64.7 Å². The zero-order valence-electron chi connectivity index (χ0n) is 75.0. The lowest BCUT2D eigenvalue weighted by molar-refractivity contribution is -0.117. The largest absolute Gasteiger partial charge is 0.489 e. The fourth-order valence-electron chi connectivity index (χ4n) is 18.9. The molecule has 0 spiro atoms. The Kier molecular flexibility index (Phi) is 25.4. The van der Waals surface area contributed by atoms with E-state index in [-0.39, 0.29) is 113 Å². The standard InChI is InChI=1S/2C29H23N3O4.C17H15N3O3.C12H11NO2.C11H9NO2.C10H9NO2.ClH/c2*30-15-29(9-10-29)17-3-1-2-16(12-17)22(33)14-21-26-20-13-18(4-6-23(20)36-27(21)26)35-24-8-11-31-28-19(24)5-7-25(34)32-28;18-15-14-10-7-8(1-3-11(10)23-16(14)15)22-12-5-6-19-17-9(12)2-4-13(21)20-17;1-15-11(14)9-3-2-4-10(7-9)12(8-13)5-6-12;12-7-11(4-5-11)9-3-1-2-8(6-9)10(13)14;1-13-10(12)9-4-2-3-8(7-9)5-6-11;/h2*1-4,6,8,11-13,21,26-27H,5,7,9-10,14H2,(H,31,32,34);1,3,5-7,14-16H,2,4,18H2,(H,19,20,21);2-4,7H,5-6H2,1H3;1-3,6H,4-5H2,(H,13,14);2-4,7H,5H2,1H3;1H/t2*21-,26-,27+;14-,15-,16-;;;;/m000..../s1. The maximum absolute atomic E-state index is 13.1. The number of nitrogens with one attached hydrogen (secondary N) is 3. The number of fused-ring (bicyclic) bond motifs is 12. The van der Waals surface area contributed by atoms with Crippen molar-refractivity contribution >= 4 is 77.1 Å². The SMILES string of the molecule is COC(=O)c1cccc(C2(C#N)CC2)c1.COC(=O)c1cccc(CC#N)c1.Cl.N#CC1(c2cccc(C(=O)C[C@@H]3[C@H]4Oc5ccc(Oc6ccnc7c6CCC(=O)N7)cc5[C@@H]34)c2)CC1.N#CC1(c2cccc(C(=O)C[C@@H]3[C@H]4Oc5ccc(Oc6ccnc7c6CCC(=O)N7)cc5[C@@H]34)c2)CC1.N#CC1(c2cccc(C(=O)O)c2)CC1.N[C@@H]1[C@H]2Oc3ccc(Oc4ccnc5c4CCC(=O)N5)cc3[C@@H]12. The highest BCUT2D eigenvalue weighted by Crippen LogP contribution is 2.63. The normalized spacial score (nSPS) is 21.2. The van der Waals surface area contributed by atoms with Gasteiger partial charge in [-0.05, 0) is 220 Å². The van der Waals surface area contributed by atoms with Gasteiger partial charge in [0.25, 0.3) is 0 Å². The number of nitrogens with two attached hydrogens (primary N) is 1. The molecular formula is C108H91ClN12O17. The molecule has 6 N–H and O–H groups in total. The molecule has 7 aliphatic carbocycles. The Labute approximate surface area is 799 Å². The zero-order valence-corrected chi connectivity index (χ0v) is 75.8. The Hall–Kier alpha value is -16.1. The summed E-state index contributed by atoms with van der Waals surface area (Å²) in [7, 11) is 2.69. The van der Waals surface area contributed by atoms with Gasteiger partial charge in [-0.3, -0.25) is 24.0 Å². The third-order valence-electron chi connectivity index (χ3n) is 27.6. The van der Waals surface area contributed by atoms with Gasteiger partial charge >= 0.3 is 17.9 Å². The summed E-state index contributed by atoms with van der Waals surface area (Å²) in [6, 6.07) is 70.1. The number of Topliss-reactive ketones (excluding diaryl/α,β-unsaturated/α-hetero) is 2. The molecule has 30 heteroatoms. The average Bonchev–Trinajstić information content (AvgIpc) is 1.57. The molecule has 3 aromatic heterocycles. The highest BCUT2D eigenvalue weighted by Gasteiger charge is 2.61. The first-order valence-corrected chi connectivity index (χ1v) is 45.5. The van der Waals surface area contributed by atoms with Crippen LogP contribution in [0.4, 0.5) is 17.5 Å². The summed E-state index contributed by atoms with van der Waals surface area (Å²) in [5.41, 5.74) is 17.5. The van der Waals surface area contributed by atoms with Crippen LogP contribution < -0.4 is 50.1 Å². The van der Waals surface area contributed by atoms with Crippen LogP contribution in [0.5, 0.6) is 51.7 Å². The number of pyridine rings is 3. The van der Waals surface area contributed by atoms with Gasteiger partial charge in [0, 0.05) is 125 Å². The van der Waals surface area contributed by atoms with Crippen LogP contribution in [0.1, 0.15) is 214 Å². The first-order valence-electron chi connectivity index (χ1n) is 45.5. The summed E-state index contributed by atoms with van der Waals surface area (Å²) in [5.74, 6) is 7.87. The molecule has 9 heterocycles. The van der Waals surface area contributed by atoms with E-state index >= 15 is 0 Å². The van der Waals surface area contributed by atoms with Crippen molar-refractivity contribution in [3.05, 3.63) is 302 Å². The summed E-state index contributed by atoms with van der Waals surface area (Å²) < 4.78 is 45.7. The van der Waals surface area contributed by atoms with Crippen molar-refractivity contribution < 1.29 is 81.4 Å². The molecular weight excluding hydrogens is 1770 g/mol. The fourth-order valence-corrected chi connectivity index (χ4v) is 18.9. The van der Waals surface area contributed by atoms with E-state index in [9.17, 15) is 48.9 Å². The number of methoxy groups -OCH3 is 2. The molecule has 7 saturated carbocycles. The molecule has 692 valence electrons. The first-order chi connectivity index (χ1) is 66.5. The molecule has 0 saturated heterocycles. The average molecular weight is 1860 g/mol. The van der Waals surface area contributed by atoms with Gasteiger partial charge < -0.3 is 64.7 Å². The number of ketones is 2. The van der Waals surface area contributed by atoms with Crippen molar-refractivity contribution in [3.8, 4) is 82.1 Å². The van der Waals surface area contributed by atoms with Crippen LogP contribution in [0.3, 0.4) is 0 Å². The zero-order chi connectivity index (χ0) is 95.2. The Morgan fingerprint density at radius 1 is 0.413 bits per heavy atom. The van der Waals surface area contributed by atoms with Crippen LogP contribution in [-0.4, -0.2) is 106 Å². The summed E-state index contributed by atoms with van der Waals surface area (Å²) in [6.45, 7) is 0. The first kappa shape index (κ1) is 92.3. The molecule has 0 radical (unpaired) electrons. The second kappa shape index (κ2) is 38.0. The van der Waals surface area contributed by atoms with Gasteiger partial charge in [-0.2, -0.15) is 26.3 Å². The number of amides is 3. The van der Waals surface area contributed by atoms with Gasteiger partial charge in [0.05, 0.1) is 95.4 Å². The van der Waals surface area contributed by atoms with Gasteiger partial charge in [0.2, 0.25) is 17.7 Å². The monoisotopic (exact) mass is 1860 g/mol. The second-order valence-electron chi connectivity index (χ2n) is 36.4. The van der Waals surface area contributed by atoms with Crippen LogP contribution in [0, 0.1) is 68.5 Å². The minimum absolute atomic E-state index is 0. The number of nitriles is 5. The predicted molar refractivity (Wildman–Crippen MR) is 502 cm³/mol. The summed E-state index contributed by atoms with van der Waals surface area (Å²) in [4.78, 5) is 107. The maximum Gasteiger partial charge on any atom is 0.337 e. The fraction of sp³-hybridized carbons (Fsp3) is 0.296. The van der Waals surface area contributed by atoms with Crippen LogP contribution in [0.2, 0.25) is 0 Å². The number of carbonyl (C=O) groups is 8. The minimum atomic E-state index is -0.944. The maximum atomic E-state index is 13.1. The summed E-state index contributed by atoms with van der Waals surface area (Å²) in [6.07, 6.45) is 16.2. The number of ether oxygens (including phenoxy) is 8. The van der Waals surface area contributed by atoms with Crippen LogP contribution >= 0.6 is 12.4 Å². The molecule has 0 unspecified atom stereocenters. The highest BCUT2D eigenvalue weighted by molar-refractivity contribution is 5.99. The summed E-state index contributed by atoms with van der Waals surface area (Å²) in [5, 5.41) is 62.6. The number of rotatable bonds is 20. The Morgan fingerprint density at radius 3 is 1.09 bits per heavy atom. The lowest BCUT2D eigenvalue weighted by Crippen LogP contribution is -2.20. The molecule has 9 atom stereocenters. The molecule has 13 aliphatic rings. The molecule has 7 fully saturated rings. The van der Waals surface area contributed by atoms with E-state index < -0.39 is 22.2 Å². The number of carboxylic acid groups (broad SMARTS) is 1. The number of nitrogens with zero attached hydrogens (tertiary/aromatic N) is 8. The number of benzene rings is 8. The lowest BCUT2D eigenvalue weighted by atomic mass is 9.93. The quantitative estimate of drug-likeness (QED) is 0.0349. The van der Waals surface area contributed by atoms with Crippen molar-refractivity contribution in [3.63, 3.8) is 0 Å². The van der Waals surface area contributed by atoms with Crippen molar-refractivity contribution in [2.75, 3.05) is 30.2 Å². The Bertz CT molecular complexity index is 6830. The van der Waals surface area contributed by atoms with E-state index in [4.69, 9.17) is 55.0 Å². The third-order valence-corrected chi connectivity index (χ3v) is 27.6. The van der Waals surface area contributed by atoms with Crippen LogP contribution in [0.15, 0.2) is 213 Å².